The third-order valence-electron chi connectivity index (χ3n) is 5.40. The first-order valence-electron chi connectivity index (χ1n) is 9.22. The van der Waals surface area contributed by atoms with E-state index in [4.69, 9.17) is 10.5 Å². The SMILES string of the molecule is COc1ccccc1N1CC(C(=O)N2CCCc3c(N)cccc32)CC1=O.Cl. The lowest BCUT2D eigenvalue weighted by atomic mass is 9.97. The Bertz CT molecular complexity index is 902. The van der Waals surface area contributed by atoms with Crippen LogP contribution in [0.2, 0.25) is 0 Å². The number of para-hydroxylation sites is 2. The van der Waals surface area contributed by atoms with E-state index < -0.39 is 0 Å². The molecule has 0 spiro atoms. The maximum Gasteiger partial charge on any atom is 0.232 e. The van der Waals surface area contributed by atoms with Gasteiger partial charge in [0.15, 0.2) is 0 Å². The summed E-state index contributed by atoms with van der Waals surface area (Å²) in [4.78, 5) is 29.3. The number of hydrogen-bond acceptors (Lipinski definition) is 4. The number of halogens is 1. The van der Waals surface area contributed by atoms with Gasteiger partial charge in [-0.3, -0.25) is 9.59 Å². The summed E-state index contributed by atoms with van der Waals surface area (Å²) < 4.78 is 5.37. The normalized spacial score (nSPS) is 18.5. The summed E-state index contributed by atoms with van der Waals surface area (Å²) in [6.45, 7) is 1.03. The van der Waals surface area contributed by atoms with Crippen LogP contribution in [0.1, 0.15) is 18.4 Å². The van der Waals surface area contributed by atoms with Gasteiger partial charge in [0.2, 0.25) is 11.8 Å². The fourth-order valence-electron chi connectivity index (χ4n) is 4.06. The van der Waals surface area contributed by atoms with Crippen LogP contribution < -0.4 is 20.3 Å². The fraction of sp³-hybridized carbons (Fsp3) is 0.333. The Morgan fingerprint density at radius 2 is 1.89 bits per heavy atom. The molecule has 1 fully saturated rings. The number of nitrogens with two attached hydrogens (primary N) is 1. The molecule has 0 aliphatic carbocycles. The molecule has 28 heavy (non-hydrogen) atoms. The van der Waals surface area contributed by atoms with Gasteiger partial charge in [0, 0.05) is 30.9 Å². The number of methoxy groups -OCH3 is 1. The number of ether oxygens (including phenoxy) is 1. The van der Waals surface area contributed by atoms with Crippen LogP contribution in [0.15, 0.2) is 42.5 Å². The highest BCUT2D eigenvalue weighted by Crippen LogP contribution is 2.36. The zero-order valence-electron chi connectivity index (χ0n) is 15.8. The number of hydrogen-bond donors (Lipinski definition) is 1. The summed E-state index contributed by atoms with van der Waals surface area (Å²) in [5.41, 5.74) is 9.45. The van der Waals surface area contributed by atoms with E-state index in [0.717, 1.165) is 29.8 Å². The molecule has 4 rings (SSSR count). The summed E-state index contributed by atoms with van der Waals surface area (Å²) in [5.74, 6) is 0.208. The van der Waals surface area contributed by atoms with Crippen molar-refractivity contribution in [1.82, 2.24) is 0 Å². The van der Waals surface area contributed by atoms with Crippen molar-refractivity contribution in [2.24, 2.45) is 5.92 Å². The van der Waals surface area contributed by atoms with Crippen molar-refractivity contribution in [2.75, 3.05) is 35.7 Å². The third-order valence-corrected chi connectivity index (χ3v) is 5.40. The summed E-state index contributed by atoms with van der Waals surface area (Å²) in [7, 11) is 1.58. The molecular formula is C21H24ClN3O3. The number of benzene rings is 2. The van der Waals surface area contributed by atoms with E-state index in [0.29, 0.717) is 24.5 Å². The first-order valence-corrected chi connectivity index (χ1v) is 9.22. The molecule has 148 valence electrons. The predicted octanol–water partition coefficient (Wildman–Crippen LogP) is 3.03. The van der Waals surface area contributed by atoms with E-state index in [-0.39, 0.29) is 36.6 Å². The highest BCUT2D eigenvalue weighted by molar-refractivity contribution is 6.05. The van der Waals surface area contributed by atoms with Gasteiger partial charge in [0.1, 0.15) is 5.75 Å². The van der Waals surface area contributed by atoms with Crippen LogP contribution in [0.4, 0.5) is 17.1 Å². The molecule has 2 aliphatic rings. The molecule has 0 bridgehead atoms. The standard InChI is InChI=1S/C21H23N3O3.ClH/c1-27-19-10-3-2-8-18(19)24-13-14(12-20(24)25)21(26)23-11-5-6-15-16(22)7-4-9-17(15)23;/h2-4,7-10,14H,5-6,11-13,22H2,1H3;1H. The average Bonchev–Trinajstić information content (AvgIpc) is 3.09. The van der Waals surface area contributed by atoms with Gasteiger partial charge >= 0.3 is 0 Å². The molecular weight excluding hydrogens is 378 g/mol. The Labute approximate surface area is 170 Å². The van der Waals surface area contributed by atoms with Crippen molar-refractivity contribution in [3.05, 3.63) is 48.0 Å². The van der Waals surface area contributed by atoms with Crippen LogP contribution in [0, 0.1) is 5.92 Å². The quantitative estimate of drug-likeness (QED) is 0.802. The number of carbonyl (C=O) groups is 2. The van der Waals surface area contributed by atoms with E-state index in [1.165, 1.54) is 0 Å². The first-order chi connectivity index (χ1) is 13.1. The lowest BCUT2D eigenvalue weighted by Gasteiger charge is -2.32. The Morgan fingerprint density at radius 1 is 1.14 bits per heavy atom. The molecule has 7 heteroatoms. The molecule has 2 heterocycles. The molecule has 6 nitrogen and oxygen atoms in total. The Balaban J connectivity index is 0.00000225. The second kappa shape index (κ2) is 8.10. The topological polar surface area (TPSA) is 75.9 Å². The Hall–Kier alpha value is -2.73. The van der Waals surface area contributed by atoms with Crippen molar-refractivity contribution in [3.63, 3.8) is 0 Å². The number of nitrogens with zero attached hydrogens (tertiary/aromatic N) is 2. The summed E-state index contributed by atoms with van der Waals surface area (Å²) in [6.07, 6.45) is 1.97. The summed E-state index contributed by atoms with van der Waals surface area (Å²) >= 11 is 0. The van der Waals surface area contributed by atoms with E-state index in [9.17, 15) is 9.59 Å². The van der Waals surface area contributed by atoms with Crippen molar-refractivity contribution < 1.29 is 14.3 Å². The van der Waals surface area contributed by atoms with Crippen LogP contribution >= 0.6 is 12.4 Å². The molecule has 1 atom stereocenters. The molecule has 0 saturated carbocycles. The van der Waals surface area contributed by atoms with Gasteiger partial charge in [-0.25, -0.2) is 0 Å². The van der Waals surface area contributed by atoms with Gasteiger partial charge in [-0.15, -0.1) is 12.4 Å². The van der Waals surface area contributed by atoms with Crippen molar-refractivity contribution in [2.45, 2.75) is 19.3 Å². The second-order valence-corrected chi connectivity index (χ2v) is 7.02. The molecule has 2 aliphatic heterocycles. The summed E-state index contributed by atoms with van der Waals surface area (Å²) in [6, 6.07) is 13.1. The van der Waals surface area contributed by atoms with Crippen molar-refractivity contribution in [3.8, 4) is 5.75 Å². The van der Waals surface area contributed by atoms with Gasteiger partial charge in [-0.1, -0.05) is 18.2 Å². The molecule has 2 aromatic rings. The molecule has 2 amide bonds. The molecule has 0 radical (unpaired) electrons. The number of fused-ring (bicyclic) bond motifs is 1. The third kappa shape index (κ3) is 3.40. The second-order valence-electron chi connectivity index (χ2n) is 7.02. The number of anilines is 3. The Kier molecular flexibility index (Phi) is 5.79. The minimum absolute atomic E-state index is 0. The monoisotopic (exact) mass is 401 g/mol. The lowest BCUT2D eigenvalue weighted by molar-refractivity contribution is -0.124. The number of nitrogen functional groups attached to an aromatic ring is 1. The molecule has 0 aromatic heterocycles. The van der Waals surface area contributed by atoms with Crippen LogP contribution in [0.5, 0.6) is 5.75 Å². The van der Waals surface area contributed by atoms with Gasteiger partial charge in [-0.2, -0.15) is 0 Å². The number of amides is 2. The maximum atomic E-state index is 13.2. The maximum absolute atomic E-state index is 13.2. The summed E-state index contributed by atoms with van der Waals surface area (Å²) in [5, 5.41) is 0. The average molecular weight is 402 g/mol. The molecule has 2 aromatic carbocycles. The number of rotatable bonds is 3. The van der Waals surface area contributed by atoms with Crippen LogP contribution in [-0.2, 0) is 16.0 Å². The lowest BCUT2D eigenvalue weighted by Crippen LogP contribution is -2.40. The van der Waals surface area contributed by atoms with Crippen LogP contribution in [-0.4, -0.2) is 32.0 Å². The zero-order chi connectivity index (χ0) is 19.0. The Morgan fingerprint density at radius 3 is 2.68 bits per heavy atom. The molecule has 1 unspecified atom stereocenters. The van der Waals surface area contributed by atoms with Gasteiger partial charge < -0.3 is 20.3 Å². The van der Waals surface area contributed by atoms with Crippen molar-refractivity contribution >= 4 is 41.3 Å². The largest absolute Gasteiger partial charge is 0.495 e. The van der Waals surface area contributed by atoms with E-state index in [1.54, 1.807) is 16.9 Å². The smallest absolute Gasteiger partial charge is 0.232 e. The number of carbonyl (C=O) groups excluding carboxylic acids is 2. The van der Waals surface area contributed by atoms with E-state index >= 15 is 0 Å². The van der Waals surface area contributed by atoms with Gasteiger partial charge in [0.05, 0.1) is 18.7 Å². The highest BCUT2D eigenvalue weighted by atomic mass is 35.5. The predicted molar refractivity (Wildman–Crippen MR) is 112 cm³/mol. The van der Waals surface area contributed by atoms with Crippen LogP contribution in [0.25, 0.3) is 0 Å². The molecule has 2 N–H and O–H groups in total. The van der Waals surface area contributed by atoms with Gasteiger partial charge in [0.25, 0.3) is 0 Å². The van der Waals surface area contributed by atoms with Crippen molar-refractivity contribution in [1.29, 1.82) is 0 Å². The van der Waals surface area contributed by atoms with E-state index in [1.807, 2.05) is 42.5 Å². The van der Waals surface area contributed by atoms with E-state index in [2.05, 4.69) is 0 Å². The van der Waals surface area contributed by atoms with Gasteiger partial charge in [-0.05, 0) is 42.7 Å². The highest BCUT2D eigenvalue weighted by Gasteiger charge is 2.39. The van der Waals surface area contributed by atoms with Crippen LogP contribution in [0.3, 0.4) is 0 Å². The molecule has 1 saturated heterocycles. The minimum atomic E-state index is -0.366. The minimum Gasteiger partial charge on any atom is -0.495 e. The fourth-order valence-corrected chi connectivity index (χ4v) is 4.06. The zero-order valence-corrected chi connectivity index (χ0v) is 16.6. The first kappa shape index (κ1) is 20.0.